The van der Waals surface area contributed by atoms with E-state index in [9.17, 15) is 5.11 Å². The van der Waals surface area contributed by atoms with Crippen LogP contribution >= 0.6 is 15.9 Å². The second kappa shape index (κ2) is 5.45. The minimum absolute atomic E-state index is 0.185. The zero-order chi connectivity index (χ0) is 13.4. The summed E-state index contributed by atoms with van der Waals surface area (Å²) in [6, 6.07) is 5.91. The molecule has 3 rings (SSSR count). The lowest BCUT2D eigenvalue weighted by atomic mass is 9.78. The predicted octanol–water partition coefficient (Wildman–Crippen LogP) is 4.46. The van der Waals surface area contributed by atoms with Gasteiger partial charge in [-0.3, -0.25) is 0 Å². The molecular weight excluding hydrogens is 304 g/mol. The van der Waals surface area contributed by atoms with Crippen molar-refractivity contribution >= 4 is 15.9 Å². The highest BCUT2D eigenvalue weighted by Crippen LogP contribution is 2.42. The molecule has 2 nitrogen and oxygen atoms in total. The van der Waals surface area contributed by atoms with Gasteiger partial charge >= 0.3 is 0 Å². The fourth-order valence-electron chi connectivity index (χ4n) is 3.39. The molecule has 1 saturated carbocycles. The van der Waals surface area contributed by atoms with Gasteiger partial charge in [-0.1, -0.05) is 41.8 Å². The van der Waals surface area contributed by atoms with Crippen molar-refractivity contribution in [3.63, 3.8) is 0 Å². The quantitative estimate of drug-likeness (QED) is 0.826. The molecule has 104 valence electrons. The molecular formula is C16H21BrO2. The summed E-state index contributed by atoms with van der Waals surface area (Å²) in [5.74, 6) is 2.32. The van der Waals surface area contributed by atoms with Gasteiger partial charge in [0.15, 0.2) is 0 Å². The fraction of sp³-hybridized carbons (Fsp3) is 0.625. The van der Waals surface area contributed by atoms with Crippen molar-refractivity contribution in [1.29, 1.82) is 0 Å². The SMILES string of the molecule is CC1CCC(C2C[C@H](O)c3ccc(Br)cc3O2)CC1. The maximum absolute atomic E-state index is 10.3. The topological polar surface area (TPSA) is 29.5 Å². The normalized spacial score (nSPS) is 34.5. The molecule has 0 spiro atoms. The molecule has 1 fully saturated rings. The van der Waals surface area contributed by atoms with Gasteiger partial charge in [-0.15, -0.1) is 0 Å². The number of aliphatic hydroxyl groups is 1. The Morgan fingerprint density at radius 2 is 1.95 bits per heavy atom. The Balaban J connectivity index is 1.76. The van der Waals surface area contributed by atoms with E-state index in [1.54, 1.807) is 0 Å². The van der Waals surface area contributed by atoms with E-state index in [2.05, 4.69) is 22.9 Å². The fourth-order valence-corrected chi connectivity index (χ4v) is 3.73. The van der Waals surface area contributed by atoms with Crippen molar-refractivity contribution in [2.45, 2.75) is 51.2 Å². The Hall–Kier alpha value is -0.540. The van der Waals surface area contributed by atoms with Gasteiger partial charge in [0.2, 0.25) is 0 Å². The summed E-state index contributed by atoms with van der Waals surface area (Å²) in [4.78, 5) is 0. The highest BCUT2D eigenvalue weighted by molar-refractivity contribution is 9.10. The van der Waals surface area contributed by atoms with Gasteiger partial charge in [-0.05, 0) is 36.8 Å². The summed E-state index contributed by atoms with van der Waals surface area (Å²) in [5.41, 5.74) is 0.934. The lowest BCUT2D eigenvalue weighted by Crippen LogP contribution is -2.34. The summed E-state index contributed by atoms with van der Waals surface area (Å²) >= 11 is 3.47. The second-order valence-corrected chi connectivity index (χ2v) is 7.03. The van der Waals surface area contributed by atoms with Crippen molar-refractivity contribution in [3.8, 4) is 5.75 Å². The van der Waals surface area contributed by atoms with E-state index in [4.69, 9.17) is 4.74 Å². The van der Waals surface area contributed by atoms with Gasteiger partial charge in [-0.25, -0.2) is 0 Å². The molecule has 1 aromatic carbocycles. The van der Waals surface area contributed by atoms with Crippen LogP contribution < -0.4 is 4.74 Å². The molecule has 2 atom stereocenters. The van der Waals surface area contributed by atoms with Crippen molar-refractivity contribution in [2.75, 3.05) is 0 Å². The average Bonchev–Trinajstić information content (AvgIpc) is 2.38. The molecule has 0 amide bonds. The molecule has 0 aromatic heterocycles. The first-order chi connectivity index (χ1) is 9.13. The zero-order valence-electron chi connectivity index (χ0n) is 11.3. The van der Waals surface area contributed by atoms with Gasteiger partial charge in [0.05, 0.1) is 6.10 Å². The number of fused-ring (bicyclic) bond motifs is 1. The third-order valence-corrected chi connectivity index (χ3v) is 5.15. The summed E-state index contributed by atoms with van der Waals surface area (Å²) in [6.45, 7) is 2.33. The van der Waals surface area contributed by atoms with Crippen molar-refractivity contribution in [1.82, 2.24) is 0 Å². The first-order valence-corrected chi connectivity index (χ1v) is 8.07. The maximum Gasteiger partial charge on any atom is 0.126 e. The molecule has 1 aliphatic carbocycles. The highest BCUT2D eigenvalue weighted by atomic mass is 79.9. The van der Waals surface area contributed by atoms with Crippen LogP contribution in [0.5, 0.6) is 5.75 Å². The number of ether oxygens (including phenoxy) is 1. The number of hydrogen-bond acceptors (Lipinski definition) is 2. The van der Waals surface area contributed by atoms with E-state index in [1.807, 2.05) is 18.2 Å². The van der Waals surface area contributed by atoms with Crippen LogP contribution in [0, 0.1) is 11.8 Å². The third kappa shape index (κ3) is 2.82. The van der Waals surface area contributed by atoms with Crippen molar-refractivity contribution in [2.24, 2.45) is 11.8 Å². The molecule has 0 bridgehead atoms. The number of hydrogen-bond donors (Lipinski definition) is 1. The Morgan fingerprint density at radius 1 is 1.21 bits per heavy atom. The lowest BCUT2D eigenvalue weighted by Gasteiger charge is -2.37. The minimum atomic E-state index is -0.374. The monoisotopic (exact) mass is 324 g/mol. The maximum atomic E-state index is 10.3. The van der Waals surface area contributed by atoms with Crippen LogP contribution in [-0.4, -0.2) is 11.2 Å². The van der Waals surface area contributed by atoms with Crippen LogP contribution in [0.25, 0.3) is 0 Å². The van der Waals surface area contributed by atoms with E-state index in [0.29, 0.717) is 5.92 Å². The van der Waals surface area contributed by atoms with E-state index in [-0.39, 0.29) is 12.2 Å². The molecule has 1 unspecified atom stereocenters. The van der Waals surface area contributed by atoms with E-state index >= 15 is 0 Å². The van der Waals surface area contributed by atoms with Crippen LogP contribution in [0.4, 0.5) is 0 Å². The number of halogens is 1. The molecule has 1 N–H and O–H groups in total. The van der Waals surface area contributed by atoms with Gasteiger partial charge < -0.3 is 9.84 Å². The summed E-state index contributed by atoms with van der Waals surface area (Å²) in [7, 11) is 0. The first-order valence-electron chi connectivity index (χ1n) is 7.27. The molecule has 1 aromatic rings. The van der Waals surface area contributed by atoms with Crippen molar-refractivity contribution in [3.05, 3.63) is 28.2 Å². The minimum Gasteiger partial charge on any atom is -0.490 e. The Bertz CT molecular complexity index is 452. The van der Waals surface area contributed by atoms with E-state index in [1.165, 1.54) is 25.7 Å². The van der Waals surface area contributed by atoms with Crippen LogP contribution in [-0.2, 0) is 0 Å². The standard InChI is InChI=1S/C16H21BrO2/c1-10-2-4-11(5-3-10)15-9-14(18)13-7-6-12(17)8-16(13)19-15/h6-8,10-11,14-15,18H,2-5,9H2,1H3/t10?,11?,14-,15?/m0/s1. The van der Waals surface area contributed by atoms with Gasteiger partial charge in [0, 0.05) is 16.5 Å². The molecule has 0 saturated heterocycles. The first kappa shape index (κ1) is 13.4. The van der Waals surface area contributed by atoms with Crippen LogP contribution in [0.1, 0.15) is 50.7 Å². The average molecular weight is 325 g/mol. The van der Waals surface area contributed by atoms with Gasteiger partial charge in [0.25, 0.3) is 0 Å². The van der Waals surface area contributed by atoms with Crippen LogP contribution in [0.3, 0.4) is 0 Å². The summed E-state index contributed by atoms with van der Waals surface area (Å²) in [6.07, 6.45) is 5.63. The Morgan fingerprint density at radius 3 is 2.68 bits per heavy atom. The molecule has 1 aliphatic heterocycles. The molecule has 1 heterocycles. The Kier molecular flexibility index (Phi) is 3.86. The number of benzene rings is 1. The number of aliphatic hydroxyl groups excluding tert-OH is 1. The van der Waals surface area contributed by atoms with Gasteiger partial charge in [-0.2, -0.15) is 0 Å². The zero-order valence-corrected chi connectivity index (χ0v) is 12.9. The largest absolute Gasteiger partial charge is 0.490 e. The van der Waals surface area contributed by atoms with Crippen LogP contribution in [0.15, 0.2) is 22.7 Å². The summed E-state index contributed by atoms with van der Waals surface area (Å²) in [5, 5.41) is 10.3. The van der Waals surface area contributed by atoms with Crippen molar-refractivity contribution < 1.29 is 9.84 Å². The predicted molar refractivity (Wildman–Crippen MR) is 79.3 cm³/mol. The molecule has 2 aliphatic rings. The van der Waals surface area contributed by atoms with Crippen LogP contribution in [0.2, 0.25) is 0 Å². The molecule has 19 heavy (non-hydrogen) atoms. The Labute approximate surface area is 123 Å². The summed E-state index contributed by atoms with van der Waals surface area (Å²) < 4.78 is 7.18. The smallest absolute Gasteiger partial charge is 0.126 e. The highest BCUT2D eigenvalue weighted by Gasteiger charge is 2.34. The van der Waals surface area contributed by atoms with E-state index < -0.39 is 0 Å². The molecule has 3 heteroatoms. The third-order valence-electron chi connectivity index (χ3n) is 4.65. The van der Waals surface area contributed by atoms with Gasteiger partial charge in [0.1, 0.15) is 11.9 Å². The van der Waals surface area contributed by atoms with E-state index in [0.717, 1.165) is 28.1 Å². The lowest BCUT2D eigenvalue weighted by molar-refractivity contribution is 0.0194. The molecule has 0 radical (unpaired) electrons. The second-order valence-electron chi connectivity index (χ2n) is 6.11. The number of rotatable bonds is 1.